The summed E-state index contributed by atoms with van der Waals surface area (Å²) in [6, 6.07) is 13.7. The molecule has 10 nitrogen and oxygen atoms in total. The van der Waals surface area contributed by atoms with Crippen LogP contribution in [-0.2, 0) is 20.9 Å². The predicted molar refractivity (Wildman–Crippen MR) is 109 cm³/mol. The SMILES string of the molecule is O=C(O)/C=C/c1ccc(OCc2ccccc2)c(O[C@@H]2O[C@H](C(=O)O)[C@@H](O)[C@H](O)[C@H]2O)c1. The second-order valence-corrected chi connectivity index (χ2v) is 7.00. The number of ether oxygens (including phenoxy) is 3. The minimum Gasteiger partial charge on any atom is -0.485 e. The molecule has 1 aliphatic heterocycles. The molecule has 32 heavy (non-hydrogen) atoms. The number of carboxylic acids is 2. The minimum atomic E-state index is -1.86. The van der Waals surface area contributed by atoms with Crippen LogP contribution in [0.15, 0.2) is 54.6 Å². The predicted octanol–water partition coefficient (Wildman–Crippen LogP) is 0.634. The van der Waals surface area contributed by atoms with Crippen LogP contribution in [0.3, 0.4) is 0 Å². The van der Waals surface area contributed by atoms with Crippen molar-refractivity contribution in [3.05, 3.63) is 65.7 Å². The Morgan fingerprint density at radius 2 is 1.66 bits per heavy atom. The van der Waals surface area contributed by atoms with Crippen LogP contribution in [0.2, 0.25) is 0 Å². The highest BCUT2D eigenvalue weighted by Crippen LogP contribution is 2.33. The van der Waals surface area contributed by atoms with Crippen molar-refractivity contribution in [3.8, 4) is 11.5 Å². The van der Waals surface area contributed by atoms with Crippen molar-refractivity contribution in [1.29, 1.82) is 0 Å². The lowest BCUT2D eigenvalue weighted by Crippen LogP contribution is -2.61. The fourth-order valence-corrected chi connectivity index (χ4v) is 3.02. The molecule has 1 saturated heterocycles. The highest BCUT2D eigenvalue weighted by atomic mass is 16.7. The first kappa shape index (κ1) is 23.2. The second-order valence-electron chi connectivity index (χ2n) is 7.00. The molecule has 0 aliphatic carbocycles. The summed E-state index contributed by atoms with van der Waals surface area (Å²) < 4.78 is 16.5. The molecule has 5 atom stereocenters. The zero-order chi connectivity index (χ0) is 23.3. The number of carboxylic acid groups (broad SMARTS) is 2. The van der Waals surface area contributed by atoms with Gasteiger partial charge in [-0.1, -0.05) is 36.4 Å². The Kier molecular flexibility index (Phi) is 7.44. The van der Waals surface area contributed by atoms with Crippen LogP contribution in [0.4, 0.5) is 0 Å². The van der Waals surface area contributed by atoms with Crippen LogP contribution in [0.1, 0.15) is 11.1 Å². The van der Waals surface area contributed by atoms with E-state index in [4.69, 9.17) is 19.3 Å². The zero-order valence-electron chi connectivity index (χ0n) is 16.6. The average molecular weight is 446 g/mol. The number of aliphatic hydroxyl groups is 3. The normalized spacial score (nSPS) is 25.4. The average Bonchev–Trinajstić information content (AvgIpc) is 2.77. The third-order valence-electron chi connectivity index (χ3n) is 4.68. The number of hydrogen-bond acceptors (Lipinski definition) is 8. The molecule has 3 rings (SSSR count). The zero-order valence-corrected chi connectivity index (χ0v) is 16.6. The van der Waals surface area contributed by atoms with Gasteiger partial charge in [0.1, 0.15) is 24.9 Å². The van der Waals surface area contributed by atoms with E-state index in [1.54, 1.807) is 6.07 Å². The van der Waals surface area contributed by atoms with Crippen LogP contribution in [0.25, 0.3) is 6.08 Å². The van der Waals surface area contributed by atoms with Gasteiger partial charge in [-0.2, -0.15) is 0 Å². The van der Waals surface area contributed by atoms with Gasteiger partial charge in [0.2, 0.25) is 6.29 Å². The molecule has 1 aliphatic rings. The summed E-state index contributed by atoms with van der Waals surface area (Å²) in [5.74, 6) is -2.50. The van der Waals surface area contributed by atoms with Crippen LogP contribution >= 0.6 is 0 Å². The van der Waals surface area contributed by atoms with Crippen molar-refractivity contribution in [1.82, 2.24) is 0 Å². The minimum absolute atomic E-state index is 0.00486. The Morgan fingerprint density at radius 3 is 2.31 bits per heavy atom. The van der Waals surface area contributed by atoms with Gasteiger partial charge in [0.05, 0.1) is 0 Å². The first-order chi connectivity index (χ1) is 15.3. The van der Waals surface area contributed by atoms with Gasteiger partial charge in [0, 0.05) is 6.08 Å². The summed E-state index contributed by atoms with van der Waals surface area (Å²) in [5, 5.41) is 48.1. The summed E-state index contributed by atoms with van der Waals surface area (Å²) in [6.45, 7) is 0.161. The van der Waals surface area contributed by atoms with E-state index in [0.29, 0.717) is 5.56 Å². The van der Waals surface area contributed by atoms with E-state index in [1.807, 2.05) is 30.3 Å². The summed E-state index contributed by atoms with van der Waals surface area (Å²) in [6.07, 6.45) is -6.72. The molecule has 2 aromatic rings. The molecular weight excluding hydrogens is 424 g/mol. The van der Waals surface area contributed by atoms with Crippen LogP contribution in [-0.4, -0.2) is 68.2 Å². The van der Waals surface area contributed by atoms with Crippen LogP contribution < -0.4 is 9.47 Å². The number of benzene rings is 2. The lowest BCUT2D eigenvalue weighted by molar-refractivity contribution is -0.271. The first-order valence-corrected chi connectivity index (χ1v) is 9.57. The third kappa shape index (κ3) is 5.62. The molecule has 1 fully saturated rings. The molecule has 0 bridgehead atoms. The lowest BCUT2D eigenvalue weighted by atomic mass is 9.99. The van der Waals surface area contributed by atoms with E-state index in [1.165, 1.54) is 18.2 Å². The van der Waals surface area contributed by atoms with Crippen molar-refractivity contribution in [2.45, 2.75) is 37.3 Å². The highest BCUT2D eigenvalue weighted by molar-refractivity contribution is 5.85. The summed E-state index contributed by atoms with van der Waals surface area (Å²) >= 11 is 0. The quantitative estimate of drug-likeness (QED) is 0.364. The number of hydrogen-bond donors (Lipinski definition) is 5. The maximum atomic E-state index is 11.3. The van der Waals surface area contributed by atoms with Crippen LogP contribution in [0.5, 0.6) is 11.5 Å². The topological polar surface area (TPSA) is 163 Å². The molecule has 170 valence electrons. The molecule has 0 aromatic heterocycles. The monoisotopic (exact) mass is 446 g/mol. The number of carbonyl (C=O) groups is 2. The number of aliphatic hydroxyl groups excluding tert-OH is 3. The smallest absolute Gasteiger partial charge is 0.335 e. The van der Waals surface area contributed by atoms with E-state index in [0.717, 1.165) is 11.6 Å². The maximum absolute atomic E-state index is 11.3. The Morgan fingerprint density at radius 1 is 0.938 bits per heavy atom. The van der Waals surface area contributed by atoms with E-state index in [2.05, 4.69) is 0 Å². The molecule has 2 aromatic carbocycles. The van der Waals surface area contributed by atoms with Gasteiger partial charge in [-0.25, -0.2) is 9.59 Å². The van der Waals surface area contributed by atoms with Crippen molar-refractivity contribution >= 4 is 18.0 Å². The molecular formula is C22H22O10. The molecule has 0 unspecified atom stereocenters. The Bertz CT molecular complexity index is 974. The molecule has 0 saturated carbocycles. The van der Waals surface area contributed by atoms with Crippen molar-refractivity contribution in [2.24, 2.45) is 0 Å². The Balaban J connectivity index is 1.87. The molecule has 1 heterocycles. The fourth-order valence-electron chi connectivity index (χ4n) is 3.02. The van der Waals surface area contributed by atoms with Crippen LogP contribution in [0, 0.1) is 0 Å². The number of aliphatic carboxylic acids is 2. The lowest BCUT2D eigenvalue weighted by Gasteiger charge is -2.38. The fraction of sp³-hybridized carbons (Fsp3) is 0.273. The van der Waals surface area contributed by atoms with Gasteiger partial charge in [-0.15, -0.1) is 0 Å². The molecule has 0 radical (unpaired) electrons. The maximum Gasteiger partial charge on any atom is 0.335 e. The van der Waals surface area contributed by atoms with Gasteiger partial charge in [-0.3, -0.25) is 0 Å². The summed E-state index contributed by atoms with van der Waals surface area (Å²) in [7, 11) is 0. The Labute approximate surface area is 182 Å². The van der Waals surface area contributed by atoms with Crippen molar-refractivity contribution in [3.63, 3.8) is 0 Å². The molecule has 5 N–H and O–H groups in total. The van der Waals surface area contributed by atoms with E-state index in [-0.39, 0.29) is 18.1 Å². The standard InChI is InChI=1S/C22H22O10/c23-16(24)9-7-12-6-8-14(30-11-13-4-2-1-3-5-13)15(10-12)31-22-19(27)17(25)18(26)20(32-22)21(28)29/h1-10,17-20,22,25-27H,11H2,(H,23,24)(H,28,29)/b9-7+/t17-,18-,19+,20-,22+/m0/s1. The number of rotatable bonds is 8. The van der Waals surface area contributed by atoms with Gasteiger partial charge < -0.3 is 39.7 Å². The highest BCUT2D eigenvalue weighted by Gasteiger charge is 2.48. The van der Waals surface area contributed by atoms with E-state index < -0.39 is 42.6 Å². The van der Waals surface area contributed by atoms with Crippen molar-refractivity contribution in [2.75, 3.05) is 0 Å². The Hall–Kier alpha value is -3.44. The summed E-state index contributed by atoms with van der Waals surface area (Å²) in [4.78, 5) is 22.1. The largest absolute Gasteiger partial charge is 0.485 e. The van der Waals surface area contributed by atoms with E-state index in [9.17, 15) is 30.0 Å². The van der Waals surface area contributed by atoms with Gasteiger partial charge in [-0.05, 0) is 29.3 Å². The van der Waals surface area contributed by atoms with Gasteiger partial charge in [0.25, 0.3) is 0 Å². The van der Waals surface area contributed by atoms with Gasteiger partial charge >= 0.3 is 11.9 Å². The van der Waals surface area contributed by atoms with Crippen molar-refractivity contribution < 1.29 is 49.3 Å². The third-order valence-corrected chi connectivity index (χ3v) is 4.68. The summed E-state index contributed by atoms with van der Waals surface area (Å²) in [5.41, 5.74) is 1.27. The molecule has 0 spiro atoms. The molecule has 0 amide bonds. The molecule has 10 heteroatoms. The van der Waals surface area contributed by atoms with E-state index >= 15 is 0 Å². The first-order valence-electron chi connectivity index (χ1n) is 9.57. The van der Waals surface area contributed by atoms with Gasteiger partial charge in [0.15, 0.2) is 17.6 Å². The second kappa shape index (κ2) is 10.2.